The van der Waals surface area contributed by atoms with Crippen molar-refractivity contribution in [1.29, 1.82) is 0 Å². The van der Waals surface area contributed by atoms with Gasteiger partial charge in [-0.3, -0.25) is 4.79 Å². The van der Waals surface area contributed by atoms with Crippen LogP contribution in [0.3, 0.4) is 0 Å². The number of anilines is 3. The number of hydrogen-bond acceptors (Lipinski definition) is 5. The number of nitrogens with zero attached hydrogens (tertiary/aromatic N) is 2. The van der Waals surface area contributed by atoms with Crippen molar-refractivity contribution in [1.82, 2.24) is 9.97 Å². The van der Waals surface area contributed by atoms with E-state index >= 15 is 0 Å². The van der Waals surface area contributed by atoms with E-state index in [-0.39, 0.29) is 17.3 Å². The van der Waals surface area contributed by atoms with Crippen molar-refractivity contribution >= 4 is 23.2 Å². The summed E-state index contributed by atoms with van der Waals surface area (Å²) in [7, 11) is 0. The van der Waals surface area contributed by atoms with Gasteiger partial charge in [0, 0.05) is 23.1 Å². The van der Waals surface area contributed by atoms with E-state index in [1.165, 1.54) is 12.1 Å². The summed E-state index contributed by atoms with van der Waals surface area (Å²) in [5.41, 5.74) is 1.51. The molecule has 8 heteroatoms. The van der Waals surface area contributed by atoms with Crippen LogP contribution in [0, 0.1) is 18.6 Å². The lowest BCUT2D eigenvalue weighted by molar-refractivity contribution is 0.102. The normalized spacial score (nSPS) is 10.4. The fourth-order valence-corrected chi connectivity index (χ4v) is 2.44. The standard InChI is InChI=1S/C20H18F2N4O2/c1-3-28-15-7-4-13(5-8-15)25-20-23-12(2)10-18(26-20)19(27)24-14-6-9-16(21)17(22)11-14/h4-11H,3H2,1-2H3,(H,24,27)(H,23,25,26). The van der Waals surface area contributed by atoms with Gasteiger partial charge in [0.15, 0.2) is 11.6 Å². The van der Waals surface area contributed by atoms with E-state index in [1.807, 2.05) is 6.92 Å². The molecular formula is C20H18F2N4O2. The van der Waals surface area contributed by atoms with Crippen LogP contribution in [0.1, 0.15) is 23.1 Å². The molecule has 3 rings (SSSR count). The molecular weight excluding hydrogens is 366 g/mol. The summed E-state index contributed by atoms with van der Waals surface area (Å²) in [6, 6.07) is 11.8. The van der Waals surface area contributed by atoms with Gasteiger partial charge in [-0.15, -0.1) is 0 Å². The van der Waals surface area contributed by atoms with Crippen LogP contribution in [0.15, 0.2) is 48.5 Å². The summed E-state index contributed by atoms with van der Waals surface area (Å²) >= 11 is 0. The first-order chi connectivity index (χ1) is 13.4. The second-order valence-electron chi connectivity index (χ2n) is 5.88. The second-order valence-corrected chi connectivity index (χ2v) is 5.88. The number of benzene rings is 2. The molecule has 6 nitrogen and oxygen atoms in total. The second kappa shape index (κ2) is 8.43. The van der Waals surface area contributed by atoms with Crippen molar-refractivity contribution in [2.24, 2.45) is 0 Å². The van der Waals surface area contributed by atoms with Gasteiger partial charge in [0.2, 0.25) is 5.95 Å². The Balaban J connectivity index is 1.76. The molecule has 0 spiro atoms. The third-order valence-corrected chi connectivity index (χ3v) is 3.69. The SMILES string of the molecule is CCOc1ccc(Nc2nc(C)cc(C(=O)Nc3ccc(F)c(F)c3)n2)cc1. The van der Waals surface area contributed by atoms with Crippen molar-refractivity contribution in [3.63, 3.8) is 0 Å². The van der Waals surface area contributed by atoms with Crippen LogP contribution in [0.4, 0.5) is 26.1 Å². The average molecular weight is 384 g/mol. The number of halogens is 2. The van der Waals surface area contributed by atoms with E-state index in [2.05, 4.69) is 20.6 Å². The first kappa shape index (κ1) is 19.2. The molecule has 0 unspecified atom stereocenters. The predicted molar refractivity (Wildman–Crippen MR) is 102 cm³/mol. The Morgan fingerprint density at radius 3 is 2.39 bits per heavy atom. The number of nitrogens with one attached hydrogen (secondary N) is 2. The minimum atomic E-state index is -1.05. The molecule has 1 amide bonds. The summed E-state index contributed by atoms with van der Waals surface area (Å²) in [6.07, 6.45) is 0. The molecule has 0 saturated carbocycles. The highest BCUT2D eigenvalue weighted by atomic mass is 19.2. The molecule has 2 aromatic carbocycles. The Kier molecular flexibility index (Phi) is 5.78. The van der Waals surface area contributed by atoms with Crippen LogP contribution in [0.25, 0.3) is 0 Å². The van der Waals surface area contributed by atoms with E-state index in [4.69, 9.17) is 4.74 Å². The molecule has 0 aliphatic carbocycles. The number of aryl methyl sites for hydroxylation is 1. The summed E-state index contributed by atoms with van der Waals surface area (Å²) in [5.74, 6) is -1.62. The smallest absolute Gasteiger partial charge is 0.274 e. The van der Waals surface area contributed by atoms with Gasteiger partial charge in [0.25, 0.3) is 5.91 Å². The zero-order chi connectivity index (χ0) is 20.1. The molecule has 0 aliphatic heterocycles. The minimum absolute atomic E-state index is 0.0886. The summed E-state index contributed by atoms with van der Waals surface area (Å²) in [4.78, 5) is 20.9. The van der Waals surface area contributed by atoms with Gasteiger partial charge in [-0.1, -0.05) is 0 Å². The maximum Gasteiger partial charge on any atom is 0.274 e. The highest BCUT2D eigenvalue weighted by Crippen LogP contribution is 2.19. The minimum Gasteiger partial charge on any atom is -0.494 e. The largest absolute Gasteiger partial charge is 0.494 e. The highest BCUT2D eigenvalue weighted by molar-refractivity contribution is 6.03. The van der Waals surface area contributed by atoms with Crippen molar-refractivity contribution in [2.45, 2.75) is 13.8 Å². The van der Waals surface area contributed by atoms with Crippen molar-refractivity contribution in [2.75, 3.05) is 17.2 Å². The number of ether oxygens (including phenoxy) is 1. The van der Waals surface area contributed by atoms with Crippen molar-refractivity contribution in [3.05, 3.63) is 71.6 Å². The van der Waals surface area contributed by atoms with Crippen LogP contribution in [-0.2, 0) is 0 Å². The van der Waals surface area contributed by atoms with E-state index < -0.39 is 17.5 Å². The van der Waals surface area contributed by atoms with Gasteiger partial charge in [0.05, 0.1) is 6.61 Å². The lowest BCUT2D eigenvalue weighted by atomic mass is 10.2. The van der Waals surface area contributed by atoms with Crippen molar-refractivity contribution < 1.29 is 18.3 Å². The number of amides is 1. The molecule has 0 radical (unpaired) electrons. The monoisotopic (exact) mass is 384 g/mol. The maximum absolute atomic E-state index is 13.3. The Morgan fingerprint density at radius 2 is 1.71 bits per heavy atom. The van der Waals surface area contributed by atoms with Crippen molar-refractivity contribution in [3.8, 4) is 5.75 Å². The Bertz CT molecular complexity index is 994. The third-order valence-electron chi connectivity index (χ3n) is 3.69. The Labute approximate surface area is 160 Å². The first-order valence-corrected chi connectivity index (χ1v) is 8.56. The molecule has 2 N–H and O–H groups in total. The van der Waals surface area contributed by atoms with Gasteiger partial charge >= 0.3 is 0 Å². The lowest BCUT2D eigenvalue weighted by Gasteiger charge is -2.10. The third kappa shape index (κ3) is 4.79. The van der Waals surface area contributed by atoms with Crippen LogP contribution >= 0.6 is 0 Å². The van der Waals surface area contributed by atoms with Crippen LogP contribution in [0.2, 0.25) is 0 Å². The van der Waals surface area contributed by atoms with E-state index in [0.29, 0.717) is 12.3 Å². The molecule has 0 aliphatic rings. The molecule has 28 heavy (non-hydrogen) atoms. The molecule has 1 aromatic heterocycles. The Hall–Kier alpha value is -3.55. The summed E-state index contributed by atoms with van der Waals surface area (Å²) in [5, 5.41) is 5.51. The summed E-state index contributed by atoms with van der Waals surface area (Å²) in [6.45, 7) is 4.20. The van der Waals surface area contributed by atoms with Gasteiger partial charge in [-0.25, -0.2) is 18.7 Å². The van der Waals surface area contributed by atoms with E-state index in [1.54, 1.807) is 31.2 Å². The zero-order valence-electron chi connectivity index (χ0n) is 15.3. The number of rotatable bonds is 6. The molecule has 0 saturated heterocycles. The van der Waals surface area contributed by atoms with Crippen LogP contribution in [-0.4, -0.2) is 22.5 Å². The number of hydrogen-bond donors (Lipinski definition) is 2. The molecule has 3 aromatic rings. The molecule has 0 fully saturated rings. The average Bonchev–Trinajstić information content (AvgIpc) is 2.66. The van der Waals surface area contributed by atoms with Gasteiger partial charge in [-0.05, 0) is 56.3 Å². The zero-order valence-corrected chi connectivity index (χ0v) is 15.3. The van der Waals surface area contributed by atoms with E-state index in [0.717, 1.165) is 23.6 Å². The summed E-state index contributed by atoms with van der Waals surface area (Å²) < 4.78 is 31.7. The molecule has 144 valence electrons. The fraction of sp³-hybridized carbons (Fsp3) is 0.150. The topological polar surface area (TPSA) is 76.1 Å². The lowest BCUT2D eigenvalue weighted by Crippen LogP contribution is -2.15. The van der Waals surface area contributed by atoms with E-state index in [9.17, 15) is 13.6 Å². The maximum atomic E-state index is 13.3. The Morgan fingerprint density at radius 1 is 1.00 bits per heavy atom. The number of carbonyl (C=O) groups excluding carboxylic acids is 1. The fourth-order valence-electron chi connectivity index (χ4n) is 2.44. The van der Waals surface area contributed by atoms with Gasteiger partial charge in [-0.2, -0.15) is 0 Å². The van der Waals surface area contributed by atoms with Crippen LogP contribution < -0.4 is 15.4 Å². The number of aromatic nitrogens is 2. The molecule has 1 heterocycles. The van der Waals surface area contributed by atoms with Gasteiger partial charge in [0.1, 0.15) is 11.4 Å². The predicted octanol–water partition coefficient (Wildman–Crippen LogP) is 4.46. The first-order valence-electron chi connectivity index (χ1n) is 8.56. The van der Waals surface area contributed by atoms with Crippen LogP contribution in [0.5, 0.6) is 5.75 Å². The van der Waals surface area contributed by atoms with Gasteiger partial charge < -0.3 is 15.4 Å². The highest BCUT2D eigenvalue weighted by Gasteiger charge is 2.12. The quantitative estimate of drug-likeness (QED) is 0.656. The number of carbonyl (C=O) groups is 1. The molecule has 0 atom stereocenters. The molecule has 0 bridgehead atoms.